The highest BCUT2D eigenvalue weighted by Gasteiger charge is 2.42. The Morgan fingerprint density at radius 2 is 1.65 bits per heavy atom. The molecule has 4 heteroatoms. The van der Waals surface area contributed by atoms with Crippen LogP contribution >= 0.6 is 0 Å². The largest absolute Gasteiger partial charge is 0.325 e. The van der Waals surface area contributed by atoms with Crippen molar-refractivity contribution < 1.29 is 9.48 Å². The molecule has 2 aliphatic rings. The van der Waals surface area contributed by atoms with Crippen LogP contribution in [-0.2, 0) is 4.79 Å². The molecule has 0 aromatic heterocycles. The number of amides is 1. The molecule has 31 heavy (non-hydrogen) atoms. The molecule has 0 spiro atoms. The summed E-state index contributed by atoms with van der Waals surface area (Å²) in [5, 5.41) is 7.88. The predicted molar refractivity (Wildman–Crippen MR) is 129 cm³/mol. The quantitative estimate of drug-likeness (QED) is 0.567. The van der Waals surface area contributed by atoms with Gasteiger partial charge in [0.2, 0.25) is 17.3 Å². The monoisotopic (exact) mass is 416 g/mol. The second-order valence-corrected chi connectivity index (χ2v) is 9.43. The first-order valence-corrected chi connectivity index (χ1v) is 11.6. The Kier molecular flexibility index (Phi) is 6.35. The first-order valence-electron chi connectivity index (χ1n) is 11.6. The fourth-order valence-electron chi connectivity index (χ4n) is 4.92. The Morgan fingerprint density at radius 1 is 1.00 bits per heavy atom. The van der Waals surface area contributed by atoms with Crippen LogP contribution in [0.5, 0.6) is 0 Å². The van der Waals surface area contributed by atoms with Crippen molar-refractivity contribution in [1.29, 1.82) is 0 Å². The molecule has 1 heterocycles. The summed E-state index contributed by atoms with van der Waals surface area (Å²) in [6, 6.07) is 14.8. The van der Waals surface area contributed by atoms with Gasteiger partial charge in [-0.25, -0.2) is 0 Å². The van der Waals surface area contributed by atoms with Crippen LogP contribution in [0.3, 0.4) is 0 Å². The van der Waals surface area contributed by atoms with Crippen LogP contribution < -0.4 is 5.32 Å². The number of hydrogen-bond acceptors (Lipinski definition) is 2. The Morgan fingerprint density at radius 3 is 2.26 bits per heavy atom. The predicted octanol–water partition coefficient (Wildman–Crippen LogP) is 6.35. The van der Waals surface area contributed by atoms with Gasteiger partial charge in [-0.2, -0.15) is 0 Å². The van der Waals surface area contributed by atoms with E-state index in [1.54, 1.807) is 0 Å². The van der Waals surface area contributed by atoms with Gasteiger partial charge in [-0.3, -0.25) is 4.79 Å². The molecule has 0 radical (unpaired) electrons. The molecule has 2 aromatic rings. The van der Waals surface area contributed by atoms with Crippen LogP contribution in [-0.4, -0.2) is 22.5 Å². The highest BCUT2D eigenvalue weighted by molar-refractivity contribution is 6.19. The maximum atomic E-state index is 13.4. The lowest BCUT2D eigenvalue weighted by molar-refractivity contribution is -0.445. The Hall–Kier alpha value is -2.75. The Labute approximate surface area is 186 Å². The maximum Gasteiger partial charge on any atom is 0.243 e. The van der Waals surface area contributed by atoms with Gasteiger partial charge in [0.1, 0.15) is 0 Å². The molecule has 1 fully saturated rings. The number of hydrazone groups is 1. The fraction of sp³-hybridized carbons (Fsp3) is 0.444. The first kappa shape index (κ1) is 21.5. The molecule has 162 valence electrons. The number of anilines is 1. The van der Waals surface area contributed by atoms with Gasteiger partial charge >= 0.3 is 0 Å². The summed E-state index contributed by atoms with van der Waals surface area (Å²) in [6.45, 7) is 8.52. The van der Waals surface area contributed by atoms with Crippen molar-refractivity contribution in [3.63, 3.8) is 0 Å². The third kappa shape index (κ3) is 4.79. The maximum absolute atomic E-state index is 13.4. The van der Waals surface area contributed by atoms with Gasteiger partial charge in [0.15, 0.2) is 5.92 Å². The average Bonchev–Trinajstić information content (AvgIpc) is 3.19. The summed E-state index contributed by atoms with van der Waals surface area (Å²) in [7, 11) is 0. The van der Waals surface area contributed by atoms with E-state index in [4.69, 9.17) is 5.10 Å². The molecule has 1 aliphatic heterocycles. The molecule has 4 nitrogen and oxygen atoms in total. The summed E-state index contributed by atoms with van der Waals surface area (Å²) >= 11 is 0. The van der Waals surface area contributed by atoms with E-state index in [1.165, 1.54) is 24.8 Å². The number of rotatable bonds is 5. The fourth-order valence-corrected chi connectivity index (χ4v) is 4.92. The topological polar surface area (TPSA) is 44.5 Å². The van der Waals surface area contributed by atoms with Crippen LogP contribution in [0.2, 0.25) is 0 Å². The van der Waals surface area contributed by atoms with E-state index < -0.39 is 0 Å². The molecule has 1 atom stereocenters. The minimum Gasteiger partial charge on any atom is -0.325 e. The van der Waals surface area contributed by atoms with E-state index in [-0.39, 0.29) is 11.8 Å². The molecule has 0 bridgehead atoms. The van der Waals surface area contributed by atoms with Gasteiger partial charge in [-0.05, 0) is 66.5 Å². The van der Waals surface area contributed by atoms with E-state index in [2.05, 4.69) is 63.3 Å². The SMILES string of the molecule is Cc1cc(C)cc(NC(=O)C2C=N[N+](c3ccc(C(C)C)cc3)=C2C2CCCCC2)c1. The average molecular weight is 417 g/mol. The van der Waals surface area contributed by atoms with Crippen molar-refractivity contribution >= 4 is 29.2 Å². The second kappa shape index (κ2) is 9.17. The molecule has 1 N–H and O–H groups in total. The van der Waals surface area contributed by atoms with Crippen LogP contribution in [0.4, 0.5) is 11.4 Å². The number of nitrogens with zero attached hydrogens (tertiary/aromatic N) is 2. The molecule has 1 unspecified atom stereocenters. The summed E-state index contributed by atoms with van der Waals surface area (Å²) in [5.74, 6) is 0.578. The molecular weight excluding hydrogens is 382 g/mol. The minimum absolute atomic E-state index is 0.00984. The van der Waals surface area contributed by atoms with Gasteiger partial charge in [-0.15, -0.1) is 0 Å². The minimum atomic E-state index is -0.325. The van der Waals surface area contributed by atoms with Crippen LogP contribution in [0, 0.1) is 25.7 Å². The van der Waals surface area contributed by atoms with E-state index in [0.29, 0.717) is 11.8 Å². The van der Waals surface area contributed by atoms with Gasteiger partial charge in [0.05, 0.1) is 6.21 Å². The van der Waals surface area contributed by atoms with Crippen molar-refractivity contribution in [2.45, 2.75) is 65.7 Å². The van der Waals surface area contributed by atoms with Gasteiger partial charge < -0.3 is 5.32 Å². The van der Waals surface area contributed by atoms with Gasteiger partial charge in [0.25, 0.3) is 0 Å². The van der Waals surface area contributed by atoms with Crippen molar-refractivity contribution in [1.82, 2.24) is 0 Å². The lowest BCUT2D eigenvalue weighted by Crippen LogP contribution is -2.36. The van der Waals surface area contributed by atoms with Crippen molar-refractivity contribution in [2.75, 3.05) is 5.32 Å². The summed E-state index contributed by atoms with van der Waals surface area (Å²) in [5.41, 5.74) is 6.66. The lowest BCUT2D eigenvalue weighted by Gasteiger charge is -2.22. The lowest BCUT2D eigenvalue weighted by atomic mass is 9.81. The normalized spacial score (nSPS) is 19.3. The third-order valence-electron chi connectivity index (χ3n) is 6.49. The number of carbonyl (C=O) groups excluding carboxylic acids is 1. The van der Waals surface area contributed by atoms with E-state index in [0.717, 1.165) is 41.1 Å². The van der Waals surface area contributed by atoms with Crippen molar-refractivity contribution in [3.05, 3.63) is 59.2 Å². The standard InChI is InChI=1S/C27H33N3O/c1-18(2)21-10-12-24(13-11-21)30-26(22-8-6-5-7-9-22)25(17-28-30)27(31)29-23-15-19(3)14-20(4)16-23/h10-18,22,25H,5-9H2,1-4H3/p+1. The number of nitrogens with one attached hydrogen (secondary N) is 1. The first-order chi connectivity index (χ1) is 14.9. The Balaban J connectivity index is 1.66. The number of aryl methyl sites for hydroxylation is 2. The summed E-state index contributed by atoms with van der Waals surface area (Å²) in [4.78, 5) is 13.4. The van der Waals surface area contributed by atoms with Crippen LogP contribution in [0.15, 0.2) is 47.6 Å². The van der Waals surface area contributed by atoms with Gasteiger partial charge in [0, 0.05) is 23.7 Å². The van der Waals surface area contributed by atoms with Crippen molar-refractivity contribution in [2.24, 2.45) is 16.9 Å². The zero-order chi connectivity index (χ0) is 22.0. The number of carbonyl (C=O) groups is 1. The highest BCUT2D eigenvalue weighted by atomic mass is 16.2. The highest BCUT2D eigenvalue weighted by Crippen LogP contribution is 2.32. The summed E-state index contributed by atoms with van der Waals surface area (Å²) in [6.07, 6.45) is 7.82. The molecule has 1 amide bonds. The number of hydrogen-bond donors (Lipinski definition) is 1. The molecular formula is C27H34N3O+. The summed E-state index contributed by atoms with van der Waals surface area (Å²) < 4.78 is 2.03. The molecule has 1 aliphatic carbocycles. The van der Waals surface area contributed by atoms with E-state index >= 15 is 0 Å². The smallest absolute Gasteiger partial charge is 0.243 e. The Bertz CT molecular complexity index is 991. The van der Waals surface area contributed by atoms with Crippen molar-refractivity contribution in [3.8, 4) is 0 Å². The number of benzene rings is 2. The van der Waals surface area contributed by atoms with Crippen LogP contribution in [0.1, 0.15) is 68.6 Å². The third-order valence-corrected chi connectivity index (χ3v) is 6.49. The molecule has 4 rings (SSSR count). The zero-order valence-electron chi connectivity index (χ0n) is 19.2. The zero-order valence-corrected chi connectivity index (χ0v) is 19.2. The van der Waals surface area contributed by atoms with Gasteiger partial charge in [-0.1, -0.05) is 56.0 Å². The molecule has 2 aromatic carbocycles. The molecule has 0 saturated heterocycles. The van der Waals surface area contributed by atoms with E-state index in [9.17, 15) is 4.79 Å². The van der Waals surface area contributed by atoms with E-state index in [1.807, 2.05) is 23.0 Å². The second-order valence-electron chi connectivity index (χ2n) is 9.43. The van der Waals surface area contributed by atoms with Crippen LogP contribution in [0.25, 0.3) is 0 Å². The molecule has 1 saturated carbocycles.